The van der Waals surface area contributed by atoms with Crippen LogP contribution < -0.4 is 5.32 Å². The minimum atomic E-state index is -0.302. The zero-order valence-corrected chi connectivity index (χ0v) is 14.4. The molecule has 0 unspecified atom stereocenters. The predicted molar refractivity (Wildman–Crippen MR) is 96.3 cm³/mol. The molecular weight excluding hydrogens is 345 g/mol. The summed E-state index contributed by atoms with van der Waals surface area (Å²) in [5, 5.41) is 9.15. The van der Waals surface area contributed by atoms with Crippen LogP contribution >= 0.6 is 23.1 Å². The molecule has 0 saturated heterocycles. The number of thiophene rings is 1. The van der Waals surface area contributed by atoms with Crippen molar-refractivity contribution in [2.24, 2.45) is 0 Å². The first kappa shape index (κ1) is 16.7. The zero-order chi connectivity index (χ0) is 16.8. The highest BCUT2D eigenvalue weighted by atomic mass is 32.2. The maximum atomic E-state index is 12.9. The van der Waals surface area contributed by atoms with Gasteiger partial charge in [-0.1, -0.05) is 6.07 Å². The topological polar surface area (TPSA) is 46.9 Å². The van der Waals surface area contributed by atoms with Crippen LogP contribution in [0.2, 0.25) is 0 Å². The summed E-state index contributed by atoms with van der Waals surface area (Å²) in [6, 6.07) is 11.8. The van der Waals surface area contributed by atoms with Crippen molar-refractivity contribution in [3.8, 4) is 5.69 Å². The van der Waals surface area contributed by atoms with Gasteiger partial charge in [0.25, 0.3) is 5.91 Å². The van der Waals surface area contributed by atoms with Crippen LogP contribution in [0, 0.1) is 5.82 Å². The highest BCUT2D eigenvalue weighted by molar-refractivity contribution is 7.98. The van der Waals surface area contributed by atoms with Crippen LogP contribution in [0.25, 0.3) is 5.69 Å². The van der Waals surface area contributed by atoms with Crippen molar-refractivity contribution < 1.29 is 9.18 Å². The molecule has 1 amide bonds. The Labute approximate surface area is 147 Å². The number of thioether (sulfide) groups is 1. The molecule has 2 aromatic heterocycles. The fourth-order valence-electron chi connectivity index (χ4n) is 2.08. The normalized spacial score (nSPS) is 10.7. The fourth-order valence-corrected chi connectivity index (χ4v) is 3.78. The second-order valence-corrected chi connectivity index (χ2v) is 7.15. The predicted octanol–water partition coefficient (Wildman–Crippen LogP) is 3.74. The van der Waals surface area contributed by atoms with Crippen LogP contribution in [0.15, 0.2) is 54.0 Å². The van der Waals surface area contributed by atoms with Crippen molar-refractivity contribution in [2.45, 2.75) is 5.75 Å². The summed E-state index contributed by atoms with van der Waals surface area (Å²) in [7, 11) is 0. The summed E-state index contributed by atoms with van der Waals surface area (Å²) in [4.78, 5) is 13.4. The Balaban J connectivity index is 1.46. The van der Waals surface area contributed by atoms with E-state index in [2.05, 4.69) is 21.9 Å². The van der Waals surface area contributed by atoms with Crippen molar-refractivity contribution in [3.05, 3.63) is 70.4 Å². The number of rotatable bonds is 7. The van der Waals surface area contributed by atoms with Crippen molar-refractivity contribution >= 4 is 29.0 Å². The van der Waals surface area contributed by atoms with Crippen LogP contribution in [0.1, 0.15) is 15.4 Å². The molecule has 0 spiro atoms. The molecule has 3 rings (SSSR count). The summed E-state index contributed by atoms with van der Waals surface area (Å²) in [6.45, 7) is 0.596. The smallest absolute Gasteiger partial charge is 0.271 e. The van der Waals surface area contributed by atoms with Crippen LogP contribution in [0.5, 0.6) is 0 Å². The molecule has 0 aliphatic rings. The number of halogens is 1. The van der Waals surface area contributed by atoms with Crippen molar-refractivity contribution in [1.29, 1.82) is 0 Å². The van der Waals surface area contributed by atoms with E-state index in [-0.39, 0.29) is 11.7 Å². The number of nitrogens with one attached hydrogen (secondary N) is 1. The number of hydrogen-bond donors (Lipinski definition) is 1. The largest absolute Gasteiger partial charge is 0.350 e. The molecule has 3 aromatic rings. The number of aromatic nitrogens is 2. The minimum absolute atomic E-state index is 0.201. The van der Waals surface area contributed by atoms with Crippen LogP contribution in [-0.2, 0) is 5.75 Å². The van der Waals surface area contributed by atoms with Crippen LogP contribution in [0.4, 0.5) is 4.39 Å². The molecule has 1 N–H and O–H groups in total. The Bertz CT molecular complexity index is 785. The van der Waals surface area contributed by atoms with Gasteiger partial charge in [-0.05, 0) is 41.8 Å². The lowest BCUT2D eigenvalue weighted by Gasteiger charge is -2.03. The highest BCUT2D eigenvalue weighted by Crippen LogP contribution is 2.16. The molecular formula is C17H16FN3OS2. The van der Waals surface area contributed by atoms with E-state index in [0.717, 1.165) is 11.5 Å². The summed E-state index contributed by atoms with van der Waals surface area (Å²) in [6.07, 6.45) is 1.69. The summed E-state index contributed by atoms with van der Waals surface area (Å²) in [5.74, 6) is 1.31. The second kappa shape index (κ2) is 8.12. The molecule has 0 radical (unpaired) electrons. The van der Waals surface area contributed by atoms with Gasteiger partial charge >= 0.3 is 0 Å². The maximum Gasteiger partial charge on any atom is 0.271 e. The van der Waals surface area contributed by atoms with Gasteiger partial charge in [-0.2, -0.15) is 16.9 Å². The first-order chi connectivity index (χ1) is 11.7. The van der Waals surface area contributed by atoms with Crippen LogP contribution in [0.3, 0.4) is 0 Å². The lowest BCUT2D eigenvalue weighted by Crippen LogP contribution is -2.26. The van der Waals surface area contributed by atoms with Gasteiger partial charge in [0.15, 0.2) is 5.69 Å². The molecule has 0 atom stereocenters. The lowest BCUT2D eigenvalue weighted by atomic mass is 10.3. The molecule has 0 aliphatic heterocycles. The fraction of sp³-hybridized carbons (Fsp3) is 0.176. The van der Waals surface area contributed by atoms with E-state index in [1.54, 1.807) is 52.2 Å². The van der Waals surface area contributed by atoms with Crippen molar-refractivity contribution in [2.75, 3.05) is 12.3 Å². The molecule has 124 valence electrons. The van der Waals surface area contributed by atoms with E-state index in [0.29, 0.717) is 17.9 Å². The molecule has 24 heavy (non-hydrogen) atoms. The Kier molecular flexibility index (Phi) is 5.66. The Hall–Kier alpha value is -2.12. The molecule has 2 heterocycles. The maximum absolute atomic E-state index is 12.9. The number of carbonyl (C=O) groups excluding carboxylic acids is 1. The van der Waals surface area contributed by atoms with Gasteiger partial charge in [-0.25, -0.2) is 9.07 Å². The van der Waals surface area contributed by atoms with E-state index in [9.17, 15) is 9.18 Å². The summed E-state index contributed by atoms with van der Waals surface area (Å²) >= 11 is 3.53. The van der Waals surface area contributed by atoms with Gasteiger partial charge in [0.05, 0.1) is 5.69 Å². The third kappa shape index (κ3) is 4.46. The van der Waals surface area contributed by atoms with E-state index < -0.39 is 0 Å². The Morgan fingerprint density at radius 3 is 2.83 bits per heavy atom. The van der Waals surface area contributed by atoms with Crippen molar-refractivity contribution in [3.63, 3.8) is 0 Å². The van der Waals surface area contributed by atoms with Gasteiger partial charge < -0.3 is 5.32 Å². The third-order valence-corrected chi connectivity index (χ3v) is 5.34. The minimum Gasteiger partial charge on any atom is -0.350 e. The number of hydrogen-bond acceptors (Lipinski definition) is 4. The molecule has 0 saturated carbocycles. The summed E-state index contributed by atoms with van der Waals surface area (Å²) in [5.41, 5.74) is 1.06. The first-order valence-electron chi connectivity index (χ1n) is 7.42. The standard InChI is InChI=1S/C17H16FN3OS2/c18-13-3-5-14(6-4-13)21-9-7-16(20-21)17(22)19-8-11-23-12-15-2-1-10-24-15/h1-7,9-10H,8,11-12H2,(H,19,22). The molecule has 7 heteroatoms. The molecule has 0 aliphatic carbocycles. The zero-order valence-electron chi connectivity index (χ0n) is 12.8. The average molecular weight is 361 g/mol. The van der Waals surface area contributed by atoms with Gasteiger partial charge in [0, 0.05) is 29.1 Å². The lowest BCUT2D eigenvalue weighted by molar-refractivity contribution is 0.0951. The Morgan fingerprint density at radius 2 is 2.08 bits per heavy atom. The molecule has 1 aromatic carbocycles. The van der Waals surface area contributed by atoms with E-state index in [1.165, 1.54) is 17.0 Å². The second-order valence-electron chi connectivity index (χ2n) is 5.01. The summed E-state index contributed by atoms with van der Waals surface area (Å²) < 4.78 is 14.5. The quantitative estimate of drug-likeness (QED) is 0.652. The van der Waals surface area contributed by atoms with Gasteiger partial charge in [-0.3, -0.25) is 4.79 Å². The number of carbonyl (C=O) groups is 1. The molecule has 0 fully saturated rings. The molecule has 4 nitrogen and oxygen atoms in total. The number of benzene rings is 1. The van der Waals surface area contributed by atoms with Gasteiger partial charge in [0.1, 0.15) is 5.82 Å². The van der Waals surface area contributed by atoms with E-state index in [1.807, 2.05) is 6.07 Å². The van der Waals surface area contributed by atoms with Gasteiger partial charge in [-0.15, -0.1) is 11.3 Å². The van der Waals surface area contributed by atoms with Gasteiger partial charge in [0.2, 0.25) is 0 Å². The number of amides is 1. The average Bonchev–Trinajstić information content (AvgIpc) is 3.27. The first-order valence-corrected chi connectivity index (χ1v) is 9.46. The van der Waals surface area contributed by atoms with E-state index in [4.69, 9.17) is 0 Å². The Morgan fingerprint density at radius 1 is 1.25 bits per heavy atom. The SMILES string of the molecule is O=C(NCCSCc1cccs1)c1ccn(-c2ccc(F)cc2)n1. The molecule has 0 bridgehead atoms. The van der Waals surface area contributed by atoms with E-state index >= 15 is 0 Å². The monoisotopic (exact) mass is 361 g/mol. The number of nitrogens with zero attached hydrogens (tertiary/aromatic N) is 2. The highest BCUT2D eigenvalue weighted by Gasteiger charge is 2.09. The third-order valence-electron chi connectivity index (χ3n) is 3.27. The van der Waals surface area contributed by atoms with Crippen molar-refractivity contribution in [1.82, 2.24) is 15.1 Å². The van der Waals surface area contributed by atoms with Crippen LogP contribution in [-0.4, -0.2) is 28.0 Å².